The maximum absolute atomic E-state index is 6.03. The van der Waals surface area contributed by atoms with Crippen molar-refractivity contribution >= 4 is 0 Å². The summed E-state index contributed by atoms with van der Waals surface area (Å²) in [5.74, 6) is 0. The summed E-state index contributed by atoms with van der Waals surface area (Å²) in [5, 5.41) is 0. The van der Waals surface area contributed by atoms with Crippen LogP contribution in [0.4, 0.5) is 0 Å². The molecular formula is C15H34N2. The van der Waals surface area contributed by atoms with Gasteiger partial charge < -0.3 is 5.73 Å². The fourth-order valence-electron chi connectivity index (χ4n) is 2.31. The van der Waals surface area contributed by atoms with Gasteiger partial charge in [0.25, 0.3) is 0 Å². The fourth-order valence-corrected chi connectivity index (χ4v) is 2.31. The zero-order valence-electron chi connectivity index (χ0n) is 13.0. The topological polar surface area (TPSA) is 29.3 Å². The molecule has 0 amide bonds. The van der Waals surface area contributed by atoms with Gasteiger partial charge in [0.15, 0.2) is 0 Å². The number of likely N-dealkylation sites (N-methyl/N-ethyl adjacent to an activating group) is 1. The Hall–Kier alpha value is -0.0800. The van der Waals surface area contributed by atoms with Crippen molar-refractivity contribution in [2.75, 3.05) is 13.6 Å². The highest BCUT2D eigenvalue weighted by atomic mass is 15.2. The largest absolute Gasteiger partial charge is 0.329 e. The number of nitrogens with two attached hydrogens (primary N) is 1. The molecule has 0 radical (unpaired) electrons. The van der Waals surface area contributed by atoms with Gasteiger partial charge in [-0.05, 0) is 40.7 Å². The number of nitrogens with zero attached hydrogens (tertiary/aromatic N) is 1. The summed E-state index contributed by atoms with van der Waals surface area (Å²) in [6.45, 7) is 12.2. The highest BCUT2D eigenvalue weighted by Gasteiger charge is 2.35. The zero-order chi connectivity index (χ0) is 13.5. The molecule has 104 valence electrons. The second kappa shape index (κ2) is 7.38. The third kappa shape index (κ3) is 4.97. The van der Waals surface area contributed by atoms with E-state index < -0.39 is 0 Å². The Morgan fingerprint density at radius 3 is 2.00 bits per heavy atom. The Morgan fingerprint density at radius 1 is 1.00 bits per heavy atom. The molecule has 0 saturated carbocycles. The minimum atomic E-state index is 0.146. The summed E-state index contributed by atoms with van der Waals surface area (Å²) >= 11 is 0. The molecule has 0 aliphatic carbocycles. The Kier molecular flexibility index (Phi) is 7.34. The molecule has 0 aromatic carbocycles. The van der Waals surface area contributed by atoms with Crippen molar-refractivity contribution in [3.63, 3.8) is 0 Å². The highest BCUT2D eigenvalue weighted by Crippen LogP contribution is 2.29. The molecule has 0 aromatic heterocycles. The molecule has 2 nitrogen and oxygen atoms in total. The first-order valence-electron chi connectivity index (χ1n) is 7.28. The molecule has 0 saturated heterocycles. The molecular weight excluding hydrogens is 208 g/mol. The van der Waals surface area contributed by atoms with E-state index in [4.69, 9.17) is 5.73 Å². The maximum atomic E-state index is 6.03. The van der Waals surface area contributed by atoms with Crippen LogP contribution in [0.2, 0.25) is 0 Å². The molecule has 0 bridgehead atoms. The lowest BCUT2D eigenvalue weighted by atomic mass is 9.86. The lowest BCUT2D eigenvalue weighted by molar-refractivity contribution is 0.0281. The summed E-state index contributed by atoms with van der Waals surface area (Å²) in [5.41, 5.74) is 6.41. The number of rotatable bonds is 9. The summed E-state index contributed by atoms with van der Waals surface area (Å²) in [6, 6.07) is 0. The van der Waals surface area contributed by atoms with Crippen LogP contribution in [0.3, 0.4) is 0 Å². The predicted octanol–water partition coefficient (Wildman–Crippen LogP) is 3.79. The van der Waals surface area contributed by atoms with Gasteiger partial charge >= 0.3 is 0 Å². The molecule has 17 heavy (non-hydrogen) atoms. The number of unbranched alkanes of at least 4 members (excludes halogenated alkanes) is 3. The van der Waals surface area contributed by atoms with Crippen molar-refractivity contribution < 1.29 is 0 Å². The average molecular weight is 242 g/mol. The van der Waals surface area contributed by atoms with E-state index in [0.717, 1.165) is 13.0 Å². The second-order valence-electron chi connectivity index (χ2n) is 6.24. The molecule has 0 heterocycles. The fraction of sp³-hybridized carbons (Fsp3) is 1.00. The second-order valence-corrected chi connectivity index (χ2v) is 6.24. The summed E-state index contributed by atoms with van der Waals surface area (Å²) < 4.78 is 0. The molecule has 0 aromatic rings. The Morgan fingerprint density at radius 2 is 1.59 bits per heavy atom. The van der Waals surface area contributed by atoms with Crippen molar-refractivity contribution in [2.24, 2.45) is 5.73 Å². The van der Waals surface area contributed by atoms with Crippen LogP contribution in [0.1, 0.15) is 73.1 Å². The van der Waals surface area contributed by atoms with Crippen LogP contribution in [-0.2, 0) is 0 Å². The molecule has 2 heteroatoms. The van der Waals surface area contributed by atoms with Gasteiger partial charge in [-0.1, -0.05) is 39.5 Å². The molecule has 0 aliphatic rings. The van der Waals surface area contributed by atoms with E-state index in [-0.39, 0.29) is 11.1 Å². The van der Waals surface area contributed by atoms with E-state index in [0.29, 0.717) is 0 Å². The van der Waals surface area contributed by atoms with Crippen LogP contribution in [0.5, 0.6) is 0 Å². The van der Waals surface area contributed by atoms with Gasteiger partial charge in [-0.25, -0.2) is 0 Å². The van der Waals surface area contributed by atoms with Crippen molar-refractivity contribution in [1.82, 2.24) is 4.90 Å². The highest BCUT2D eigenvalue weighted by molar-refractivity contribution is 4.93. The molecule has 0 spiro atoms. The first-order valence-corrected chi connectivity index (χ1v) is 7.28. The Balaban J connectivity index is 4.44. The van der Waals surface area contributed by atoms with Gasteiger partial charge in [-0.15, -0.1) is 0 Å². The van der Waals surface area contributed by atoms with Gasteiger partial charge in [-0.2, -0.15) is 0 Å². The van der Waals surface area contributed by atoms with Gasteiger partial charge in [0.05, 0.1) is 0 Å². The van der Waals surface area contributed by atoms with E-state index in [2.05, 4.69) is 46.6 Å². The van der Waals surface area contributed by atoms with E-state index in [1.54, 1.807) is 0 Å². The standard InChI is InChI=1S/C15H34N2/c1-7-9-10-11-12-15(5,13-16)17(6)14(3,4)8-2/h7-13,16H2,1-6H3. The normalized spacial score (nSPS) is 16.2. The van der Waals surface area contributed by atoms with Gasteiger partial charge in [0.2, 0.25) is 0 Å². The first-order chi connectivity index (χ1) is 7.84. The van der Waals surface area contributed by atoms with E-state index in [1.807, 2.05) is 0 Å². The number of hydrogen-bond donors (Lipinski definition) is 1. The third-order valence-corrected chi connectivity index (χ3v) is 4.59. The molecule has 0 rings (SSSR count). The van der Waals surface area contributed by atoms with Crippen LogP contribution in [0.15, 0.2) is 0 Å². The maximum Gasteiger partial charge on any atom is 0.0305 e. The van der Waals surface area contributed by atoms with Crippen LogP contribution >= 0.6 is 0 Å². The van der Waals surface area contributed by atoms with Gasteiger partial charge in [-0.3, -0.25) is 4.90 Å². The van der Waals surface area contributed by atoms with Crippen molar-refractivity contribution in [3.8, 4) is 0 Å². The smallest absolute Gasteiger partial charge is 0.0305 e. The predicted molar refractivity (Wildman–Crippen MR) is 78.4 cm³/mol. The summed E-state index contributed by atoms with van der Waals surface area (Å²) in [7, 11) is 2.23. The minimum Gasteiger partial charge on any atom is -0.329 e. The minimum absolute atomic E-state index is 0.146. The Bertz CT molecular complexity index is 201. The van der Waals surface area contributed by atoms with E-state index >= 15 is 0 Å². The van der Waals surface area contributed by atoms with Crippen molar-refractivity contribution in [1.29, 1.82) is 0 Å². The zero-order valence-corrected chi connectivity index (χ0v) is 13.0. The van der Waals surface area contributed by atoms with Crippen LogP contribution < -0.4 is 5.73 Å². The monoisotopic (exact) mass is 242 g/mol. The van der Waals surface area contributed by atoms with E-state index in [1.165, 1.54) is 32.1 Å². The van der Waals surface area contributed by atoms with E-state index in [9.17, 15) is 0 Å². The average Bonchev–Trinajstić information content (AvgIpc) is 2.33. The van der Waals surface area contributed by atoms with Crippen LogP contribution in [0, 0.1) is 0 Å². The lowest BCUT2D eigenvalue weighted by Crippen LogP contribution is -2.58. The molecule has 1 atom stereocenters. The van der Waals surface area contributed by atoms with Gasteiger partial charge in [0, 0.05) is 17.6 Å². The third-order valence-electron chi connectivity index (χ3n) is 4.59. The molecule has 2 N–H and O–H groups in total. The molecule has 0 aliphatic heterocycles. The Labute approximate surface area is 109 Å². The summed E-state index contributed by atoms with van der Waals surface area (Å²) in [6.07, 6.45) is 7.66. The SMILES string of the molecule is CCCCCCC(C)(CN)N(C)C(C)(C)CC. The lowest BCUT2D eigenvalue weighted by Gasteiger charge is -2.48. The first kappa shape index (κ1) is 16.9. The number of hydrogen-bond acceptors (Lipinski definition) is 2. The van der Waals surface area contributed by atoms with Crippen molar-refractivity contribution in [2.45, 2.75) is 84.2 Å². The molecule has 0 fully saturated rings. The quantitative estimate of drug-likeness (QED) is 0.623. The van der Waals surface area contributed by atoms with Gasteiger partial charge in [0.1, 0.15) is 0 Å². The van der Waals surface area contributed by atoms with Crippen LogP contribution in [0.25, 0.3) is 0 Å². The summed E-state index contributed by atoms with van der Waals surface area (Å²) in [4.78, 5) is 2.49. The van der Waals surface area contributed by atoms with Crippen molar-refractivity contribution in [3.05, 3.63) is 0 Å². The van der Waals surface area contributed by atoms with Crippen LogP contribution in [-0.4, -0.2) is 29.6 Å². The molecule has 1 unspecified atom stereocenters.